The molecule has 1 aliphatic rings. The molecular formula is C22H18FN3O4S. The molecule has 1 atom stereocenters. The summed E-state index contributed by atoms with van der Waals surface area (Å²) in [6.07, 6.45) is 0. The SMILES string of the molecule is CCOc1ccc(/C(O)=C2\C(=O)C(=O)N(c3nnc(C)s3)[C@H]2c2ccccc2F)cc1. The number of aromatic nitrogens is 2. The Morgan fingerprint density at radius 2 is 1.87 bits per heavy atom. The van der Waals surface area contributed by atoms with Gasteiger partial charge in [-0.15, -0.1) is 10.2 Å². The molecule has 9 heteroatoms. The fourth-order valence-electron chi connectivity index (χ4n) is 3.44. The molecule has 1 aromatic heterocycles. The second-order valence-electron chi connectivity index (χ2n) is 6.75. The van der Waals surface area contributed by atoms with Crippen LogP contribution in [-0.2, 0) is 9.59 Å². The van der Waals surface area contributed by atoms with Gasteiger partial charge in [-0.2, -0.15) is 0 Å². The second kappa shape index (κ2) is 8.27. The van der Waals surface area contributed by atoms with Crippen LogP contribution in [0.1, 0.15) is 29.1 Å². The predicted molar refractivity (Wildman–Crippen MR) is 113 cm³/mol. The third-order valence-corrected chi connectivity index (χ3v) is 5.64. The number of aliphatic hydroxyl groups is 1. The van der Waals surface area contributed by atoms with Crippen molar-refractivity contribution in [1.29, 1.82) is 0 Å². The maximum atomic E-state index is 14.8. The monoisotopic (exact) mass is 439 g/mol. The highest BCUT2D eigenvalue weighted by atomic mass is 32.1. The van der Waals surface area contributed by atoms with Crippen molar-refractivity contribution in [3.05, 3.63) is 76.1 Å². The Hall–Kier alpha value is -3.59. The first-order valence-electron chi connectivity index (χ1n) is 9.51. The number of carbonyl (C=O) groups is 2. The minimum Gasteiger partial charge on any atom is -0.507 e. The van der Waals surface area contributed by atoms with E-state index >= 15 is 0 Å². The lowest BCUT2D eigenvalue weighted by atomic mass is 9.95. The Morgan fingerprint density at radius 3 is 2.48 bits per heavy atom. The maximum absolute atomic E-state index is 14.8. The van der Waals surface area contributed by atoms with Crippen molar-refractivity contribution in [2.45, 2.75) is 19.9 Å². The van der Waals surface area contributed by atoms with E-state index in [1.165, 1.54) is 18.2 Å². The maximum Gasteiger partial charge on any atom is 0.301 e. The summed E-state index contributed by atoms with van der Waals surface area (Å²) >= 11 is 1.10. The Kier molecular flexibility index (Phi) is 5.51. The Morgan fingerprint density at radius 1 is 1.16 bits per heavy atom. The van der Waals surface area contributed by atoms with Crippen molar-refractivity contribution in [3.8, 4) is 5.75 Å². The van der Waals surface area contributed by atoms with Crippen molar-refractivity contribution in [2.24, 2.45) is 0 Å². The number of aryl methyl sites for hydroxylation is 1. The molecule has 2 aromatic carbocycles. The van der Waals surface area contributed by atoms with E-state index in [0.717, 1.165) is 16.2 Å². The minimum absolute atomic E-state index is 0.0713. The molecule has 1 saturated heterocycles. The fraction of sp³-hybridized carbons (Fsp3) is 0.182. The van der Waals surface area contributed by atoms with Crippen LogP contribution in [0.5, 0.6) is 5.75 Å². The third kappa shape index (κ3) is 3.68. The van der Waals surface area contributed by atoms with Gasteiger partial charge in [0.05, 0.1) is 12.2 Å². The first-order chi connectivity index (χ1) is 14.9. The molecule has 1 amide bonds. The zero-order valence-electron chi connectivity index (χ0n) is 16.7. The van der Waals surface area contributed by atoms with Gasteiger partial charge in [0.1, 0.15) is 28.4 Å². The van der Waals surface area contributed by atoms with Crippen molar-refractivity contribution < 1.29 is 23.8 Å². The highest BCUT2D eigenvalue weighted by Gasteiger charge is 2.49. The average Bonchev–Trinajstić information content (AvgIpc) is 3.29. The average molecular weight is 439 g/mol. The number of hydrogen-bond acceptors (Lipinski definition) is 7. The molecule has 0 aliphatic carbocycles. The van der Waals surface area contributed by atoms with Gasteiger partial charge in [-0.05, 0) is 44.2 Å². The molecule has 0 unspecified atom stereocenters. The van der Waals surface area contributed by atoms with Gasteiger partial charge in [0.2, 0.25) is 5.13 Å². The fourth-order valence-corrected chi connectivity index (χ4v) is 4.15. The van der Waals surface area contributed by atoms with E-state index in [4.69, 9.17) is 4.74 Å². The van der Waals surface area contributed by atoms with Crippen molar-refractivity contribution in [1.82, 2.24) is 10.2 Å². The standard InChI is InChI=1S/C22H18FN3O4S/c1-3-30-14-10-8-13(9-11-14)19(27)17-18(15-6-4-5-7-16(15)23)26(21(29)20(17)28)22-25-24-12(2)31-22/h4-11,18,27H,3H2,1-2H3/b19-17+/t18-/m0/s1. The summed E-state index contributed by atoms with van der Waals surface area (Å²) in [6, 6.07) is 11.0. The number of carbonyl (C=O) groups excluding carboxylic acids is 2. The summed E-state index contributed by atoms with van der Waals surface area (Å²) in [4.78, 5) is 27.0. The summed E-state index contributed by atoms with van der Waals surface area (Å²) in [5.41, 5.74) is 0.158. The summed E-state index contributed by atoms with van der Waals surface area (Å²) in [5, 5.41) is 19.6. The number of ether oxygens (including phenoxy) is 1. The van der Waals surface area contributed by atoms with Crippen molar-refractivity contribution in [2.75, 3.05) is 11.5 Å². The highest BCUT2D eigenvalue weighted by Crippen LogP contribution is 2.43. The van der Waals surface area contributed by atoms with E-state index in [0.29, 0.717) is 22.9 Å². The zero-order valence-corrected chi connectivity index (χ0v) is 17.5. The molecule has 3 aromatic rings. The van der Waals surface area contributed by atoms with Crippen molar-refractivity contribution >= 4 is 33.9 Å². The molecule has 0 spiro atoms. The van der Waals surface area contributed by atoms with Gasteiger partial charge in [-0.3, -0.25) is 14.5 Å². The van der Waals surface area contributed by atoms with Crippen LogP contribution in [0.25, 0.3) is 5.76 Å². The Balaban J connectivity index is 1.90. The van der Waals surface area contributed by atoms with Crippen LogP contribution in [-0.4, -0.2) is 33.6 Å². The van der Waals surface area contributed by atoms with Gasteiger partial charge >= 0.3 is 5.91 Å². The second-order valence-corrected chi connectivity index (χ2v) is 7.91. The summed E-state index contributed by atoms with van der Waals surface area (Å²) < 4.78 is 20.2. The van der Waals surface area contributed by atoms with Crippen LogP contribution in [0.2, 0.25) is 0 Å². The molecule has 2 heterocycles. The molecular weight excluding hydrogens is 421 g/mol. The minimum atomic E-state index is -1.18. The van der Waals surface area contributed by atoms with E-state index in [-0.39, 0.29) is 16.3 Å². The largest absolute Gasteiger partial charge is 0.507 e. The predicted octanol–water partition coefficient (Wildman–Crippen LogP) is 4.01. The Bertz CT molecular complexity index is 1190. The molecule has 0 bridgehead atoms. The van der Waals surface area contributed by atoms with Crippen LogP contribution in [0.4, 0.5) is 9.52 Å². The molecule has 7 nitrogen and oxygen atoms in total. The summed E-state index contributed by atoms with van der Waals surface area (Å²) in [7, 11) is 0. The first kappa shape index (κ1) is 20.7. The third-order valence-electron chi connectivity index (χ3n) is 4.80. The van der Waals surface area contributed by atoms with Crippen LogP contribution in [0, 0.1) is 12.7 Å². The number of ketones is 1. The molecule has 1 fully saturated rings. The topological polar surface area (TPSA) is 92.6 Å². The number of amides is 1. The number of hydrogen-bond donors (Lipinski definition) is 1. The van der Waals surface area contributed by atoms with Gasteiger partial charge < -0.3 is 9.84 Å². The summed E-state index contributed by atoms with van der Waals surface area (Å²) in [5.74, 6) is -2.25. The van der Waals surface area contributed by atoms with Gasteiger partial charge in [-0.25, -0.2) is 4.39 Å². The van der Waals surface area contributed by atoms with Gasteiger partial charge in [0, 0.05) is 11.1 Å². The number of benzene rings is 2. The lowest BCUT2D eigenvalue weighted by molar-refractivity contribution is -0.132. The van der Waals surface area contributed by atoms with Crippen molar-refractivity contribution in [3.63, 3.8) is 0 Å². The molecule has 158 valence electrons. The number of rotatable bonds is 5. The number of Topliss-reactive ketones (excluding diaryl/α,β-unsaturated/α-hetero) is 1. The van der Waals surface area contributed by atoms with Gasteiger partial charge in [-0.1, -0.05) is 29.5 Å². The van der Waals surface area contributed by atoms with Crippen LogP contribution < -0.4 is 9.64 Å². The molecule has 1 aliphatic heterocycles. The lowest BCUT2D eigenvalue weighted by Gasteiger charge is -2.22. The van der Waals surface area contributed by atoms with Gasteiger partial charge in [0.15, 0.2) is 0 Å². The quantitative estimate of drug-likeness (QED) is 0.367. The van der Waals surface area contributed by atoms with Gasteiger partial charge in [0.25, 0.3) is 5.78 Å². The highest BCUT2D eigenvalue weighted by molar-refractivity contribution is 7.15. The van der Waals surface area contributed by atoms with E-state index in [9.17, 15) is 19.1 Å². The molecule has 31 heavy (non-hydrogen) atoms. The molecule has 0 saturated carbocycles. The lowest BCUT2D eigenvalue weighted by Crippen LogP contribution is -2.29. The van der Waals surface area contributed by atoms with E-state index < -0.39 is 29.3 Å². The zero-order chi connectivity index (χ0) is 22.1. The summed E-state index contributed by atoms with van der Waals surface area (Å²) in [6.45, 7) is 4.03. The van der Waals surface area contributed by atoms with Crippen LogP contribution in [0.15, 0.2) is 54.1 Å². The number of aliphatic hydroxyl groups excluding tert-OH is 1. The molecule has 4 rings (SSSR count). The van der Waals surface area contributed by atoms with E-state index in [2.05, 4.69) is 10.2 Å². The molecule has 1 N–H and O–H groups in total. The molecule has 0 radical (unpaired) electrons. The number of halogens is 1. The normalized spacial score (nSPS) is 17.9. The van der Waals surface area contributed by atoms with E-state index in [1.807, 2.05) is 6.92 Å². The number of anilines is 1. The Labute approximate surface area is 181 Å². The van der Waals surface area contributed by atoms with Crippen LogP contribution >= 0.6 is 11.3 Å². The number of nitrogens with zero attached hydrogens (tertiary/aromatic N) is 3. The first-order valence-corrected chi connectivity index (χ1v) is 10.3. The van der Waals surface area contributed by atoms with E-state index in [1.54, 1.807) is 37.3 Å². The van der Waals surface area contributed by atoms with Crippen LogP contribution in [0.3, 0.4) is 0 Å². The smallest absolute Gasteiger partial charge is 0.301 e.